The number of hydrogen-bond acceptors (Lipinski definition) is 4. The van der Waals surface area contributed by atoms with Crippen LogP contribution in [0.5, 0.6) is 0 Å². The Morgan fingerprint density at radius 2 is 1.83 bits per heavy atom. The molecule has 1 aromatic heterocycles. The number of amides is 2. The van der Waals surface area contributed by atoms with Crippen LogP contribution < -0.4 is 10.6 Å². The molecule has 0 fully saturated rings. The van der Waals surface area contributed by atoms with Gasteiger partial charge < -0.3 is 10.6 Å². The lowest BCUT2D eigenvalue weighted by molar-refractivity contribution is -0.128. The van der Waals surface area contributed by atoms with Gasteiger partial charge in [-0.25, -0.2) is 4.98 Å². The van der Waals surface area contributed by atoms with E-state index in [0.29, 0.717) is 13.0 Å². The summed E-state index contributed by atoms with van der Waals surface area (Å²) in [5.74, 6) is -0.0388. The fraction of sp³-hybridized carbons (Fsp3) is 0.389. The van der Waals surface area contributed by atoms with Crippen LogP contribution >= 0.6 is 11.3 Å². The number of benzene rings is 1. The molecule has 0 aliphatic carbocycles. The maximum atomic E-state index is 11.8. The minimum absolute atomic E-state index is 0.0477. The molecule has 2 rings (SSSR count). The van der Waals surface area contributed by atoms with Gasteiger partial charge >= 0.3 is 0 Å². The van der Waals surface area contributed by atoms with E-state index in [2.05, 4.69) is 15.6 Å². The number of carbonyl (C=O) groups excluding carboxylic acids is 2. The molecule has 0 atom stereocenters. The van der Waals surface area contributed by atoms with E-state index in [1.165, 1.54) is 6.92 Å². The molecule has 0 spiro atoms. The first-order chi connectivity index (χ1) is 11.3. The maximum absolute atomic E-state index is 11.8. The number of thiazole rings is 1. The molecule has 128 valence electrons. The van der Waals surface area contributed by atoms with E-state index in [-0.39, 0.29) is 17.2 Å². The average molecular weight is 345 g/mol. The van der Waals surface area contributed by atoms with Crippen molar-refractivity contribution >= 4 is 28.8 Å². The van der Waals surface area contributed by atoms with Crippen molar-refractivity contribution in [3.63, 3.8) is 0 Å². The molecule has 2 amide bonds. The van der Waals surface area contributed by atoms with Gasteiger partial charge in [0.1, 0.15) is 5.01 Å². The zero-order chi connectivity index (χ0) is 17.7. The minimum atomic E-state index is -0.372. The summed E-state index contributed by atoms with van der Waals surface area (Å²) in [7, 11) is 0. The number of carbonyl (C=O) groups is 2. The maximum Gasteiger partial charge on any atom is 0.225 e. The lowest BCUT2D eigenvalue weighted by Gasteiger charge is -2.17. The highest BCUT2D eigenvalue weighted by Crippen LogP contribution is 2.25. The van der Waals surface area contributed by atoms with Gasteiger partial charge in [0, 0.05) is 41.9 Å². The fourth-order valence-corrected chi connectivity index (χ4v) is 2.88. The van der Waals surface area contributed by atoms with Crippen LogP contribution in [0.4, 0.5) is 5.69 Å². The van der Waals surface area contributed by atoms with Crippen LogP contribution in [0, 0.1) is 5.41 Å². The Bertz CT molecular complexity index is 715. The average Bonchev–Trinajstić information content (AvgIpc) is 2.95. The Balaban J connectivity index is 1.93. The molecule has 1 aromatic carbocycles. The van der Waals surface area contributed by atoms with Gasteiger partial charge in [-0.15, -0.1) is 11.3 Å². The van der Waals surface area contributed by atoms with Crippen molar-refractivity contribution in [3.05, 3.63) is 35.3 Å². The van der Waals surface area contributed by atoms with E-state index in [1.54, 1.807) is 11.3 Å². The Morgan fingerprint density at radius 1 is 1.17 bits per heavy atom. The number of nitrogens with zero attached hydrogens (tertiary/aromatic N) is 1. The molecule has 0 saturated heterocycles. The first-order valence-corrected chi connectivity index (χ1v) is 8.74. The van der Waals surface area contributed by atoms with Crippen molar-refractivity contribution < 1.29 is 9.59 Å². The fourth-order valence-electron chi connectivity index (χ4n) is 2.02. The van der Waals surface area contributed by atoms with Gasteiger partial charge in [-0.05, 0) is 24.3 Å². The third-order valence-corrected chi connectivity index (χ3v) is 4.29. The molecule has 0 saturated carbocycles. The second-order valence-electron chi connectivity index (χ2n) is 6.66. The van der Waals surface area contributed by atoms with Gasteiger partial charge in [-0.2, -0.15) is 0 Å². The van der Waals surface area contributed by atoms with E-state index < -0.39 is 0 Å². The first-order valence-electron chi connectivity index (χ1n) is 7.86. The third kappa shape index (κ3) is 5.16. The second kappa shape index (κ2) is 7.57. The predicted molar refractivity (Wildman–Crippen MR) is 98.0 cm³/mol. The third-order valence-electron chi connectivity index (χ3n) is 3.35. The number of aromatic nitrogens is 1. The quantitative estimate of drug-likeness (QED) is 0.871. The predicted octanol–water partition coefficient (Wildman–Crippen LogP) is 3.47. The van der Waals surface area contributed by atoms with Crippen molar-refractivity contribution in [2.75, 3.05) is 11.9 Å². The van der Waals surface area contributed by atoms with Crippen molar-refractivity contribution in [2.24, 2.45) is 5.41 Å². The van der Waals surface area contributed by atoms with Crippen LogP contribution in [0.1, 0.15) is 33.4 Å². The summed E-state index contributed by atoms with van der Waals surface area (Å²) >= 11 is 1.58. The molecule has 5 nitrogen and oxygen atoms in total. The zero-order valence-corrected chi connectivity index (χ0v) is 15.3. The summed E-state index contributed by atoms with van der Waals surface area (Å²) in [6, 6.07) is 7.60. The van der Waals surface area contributed by atoms with Gasteiger partial charge in [-0.3, -0.25) is 9.59 Å². The standard InChI is InChI=1S/C18H23N3O2S/c1-12(22)20-14-7-5-13(6-8-14)16-21-15(11-24-16)9-10-19-17(23)18(2,3)4/h5-8,11H,9-10H2,1-4H3,(H,19,23)(H,20,22). The lowest BCUT2D eigenvalue weighted by Crippen LogP contribution is -2.35. The molecule has 2 aromatic rings. The van der Waals surface area contributed by atoms with Gasteiger partial charge in [0.15, 0.2) is 0 Å². The van der Waals surface area contributed by atoms with Crippen molar-refractivity contribution in [1.82, 2.24) is 10.3 Å². The molecule has 0 aliphatic heterocycles. The van der Waals surface area contributed by atoms with Gasteiger partial charge in [0.05, 0.1) is 5.69 Å². The normalized spacial score (nSPS) is 11.2. The van der Waals surface area contributed by atoms with Gasteiger partial charge in [-0.1, -0.05) is 20.8 Å². The smallest absolute Gasteiger partial charge is 0.225 e. The van der Waals surface area contributed by atoms with Crippen LogP contribution in [-0.2, 0) is 16.0 Å². The summed E-state index contributed by atoms with van der Waals surface area (Å²) in [6.07, 6.45) is 0.711. The molecule has 6 heteroatoms. The van der Waals surface area contributed by atoms with Gasteiger partial charge in [0.25, 0.3) is 0 Å². The summed E-state index contributed by atoms with van der Waals surface area (Å²) in [5.41, 5.74) is 2.38. The summed E-state index contributed by atoms with van der Waals surface area (Å²) in [4.78, 5) is 27.5. The largest absolute Gasteiger partial charge is 0.355 e. The van der Waals surface area contributed by atoms with E-state index in [4.69, 9.17) is 0 Å². The molecule has 2 N–H and O–H groups in total. The number of hydrogen-bond donors (Lipinski definition) is 2. The first kappa shape index (κ1) is 18.1. The van der Waals surface area contributed by atoms with E-state index in [0.717, 1.165) is 22.0 Å². The van der Waals surface area contributed by atoms with E-state index in [1.807, 2.05) is 50.4 Å². The highest BCUT2D eigenvalue weighted by Gasteiger charge is 2.20. The highest BCUT2D eigenvalue weighted by molar-refractivity contribution is 7.13. The Morgan fingerprint density at radius 3 is 2.42 bits per heavy atom. The monoisotopic (exact) mass is 345 g/mol. The van der Waals surface area contributed by atoms with Crippen LogP contribution in [0.3, 0.4) is 0 Å². The van der Waals surface area contributed by atoms with Crippen LogP contribution in [0.15, 0.2) is 29.6 Å². The molecular formula is C18H23N3O2S. The van der Waals surface area contributed by atoms with Crippen molar-refractivity contribution in [2.45, 2.75) is 34.1 Å². The Hall–Kier alpha value is -2.21. The zero-order valence-electron chi connectivity index (χ0n) is 14.5. The number of rotatable bonds is 5. The summed E-state index contributed by atoms with van der Waals surface area (Å²) in [5, 5.41) is 8.62. The summed E-state index contributed by atoms with van der Waals surface area (Å²) < 4.78 is 0. The minimum Gasteiger partial charge on any atom is -0.355 e. The van der Waals surface area contributed by atoms with Crippen molar-refractivity contribution in [1.29, 1.82) is 0 Å². The molecule has 0 bridgehead atoms. The SMILES string of the molecule is CC(=O)Nc1ccc(-c2nc(CCNC(=O)C(C)(C)C)cs2)cc1. The summed E-state index contributed by atoms with van der Waals surface area (Å²) in [6.45, 7) is 7.76. The van der Waals surface area contributed by atoms with E-state index in [9.17, 15) is 9.59 Å². The second-order valence-corrected chi connectivity index (χ2v) is 7.52. The number of anilines is 1. The van der Waals surface area contributed by atoms with Crippen molar-refractivity contribution in [3.8, 4) is 10.6 Å². The van der Waals surface area contributed by atoms with Crippen LogP contribution in [0.2, 0.25) is 0 Å². The molecule has 0 unspecified atom stereocenters. The molecule has 0 radical (unpaired) electrons. The molecule has 1 heterocycles. The Kier molecular flexibility index (Phi) is 5.72. The molecule has 0 aliphatic rings. The van der Waals surface area contributed by atoms with Crippen LogP contribution in [-0.4, -0.2) is 23.3 Å². The number of nitrogens with one attached hydrogen (secondary N) is 2. The van der Waals surface area contributed by atoms with E-state index >= 15 is 0 Å². The lowest BCUT2D eigenvalue weighted by atomic mass is 9.96. The van der Waals surface area contributed by atoms with Gasteiger partial charge in [0.2, 0.25) is 11.8 Å². The molecule has 24 heavy (non-hydrogen) atoms. The molecular weight excluding hydrogens is 322 g/mol. The Labute approximate surface area is 146 Å². The highest BCUT2D eigenvalue weighted by atomic mass is 32.1. The topological polar surface area (TPSA) is 71.1 Å². The van der Waals surface area contributed by atoms with Crippen LogP contribution in [0.25, 0.3) is 10.6 Å².